The van der Waals surface area contributed by atoms with Crippen molar-refractivity contribution in [2.45, 2.75) is 38.8 Å². The summed E-state index contributed by atoms with van der Waals surface area (Å²) in [5.74, 6) is 1.59. The number of hydrogen-bond acceptors (Lipinski definition) is 4. The van der Waals surface area contributed by atoms with Crippen molar-refractivity contribution >= 4 is 11.7 Å². The highest BCUT2D eigenvalue weighted by molar-refractivity contribution is 5.94. The van der Waals surface area contributed by atoms with Crippen LogP contribution in [-0.2, 0) is 16.8 Å². The number of para-hydroxylation sites is 2. The Balaban J connectivity index is 1.42. The third kappa shape index (κ3) is 4.26. The lowest BCUT2D eigenvalue weighted by Gasteiger charge is -2.25. The summed E-state index contributed by atoms with van der Waals surface area (Å²) in [7, 11) is 0. The molecule has 3 aromatic rings. The number of nitrogens with one attached hydrogen (secondary N) is 1. The van der Waals surface area contributed by atoms with Crippen LogP contribution < -0.4 is 14.8 Å². The Morgan fingerprint density at radius 1 is 1.10 bits per heavy atom. The highest BCUT2D eigenvalue weighted by atomic mass is 16.6. The summed E-state index contributed by atoms with van der Waals surface area (Å²) in [5.41, 5.74) is 2.51. The molecule has 1 atom stereocenters. The average Bonchev–Trinajstić information content (AvgIpc) is 3.14. The zero-order chi connectivity index (χ0) is 20.4. The van der Waals surface area contributed by atoms with Crippen molar-refractivity contribution < 1.29 is 14.3 Å². The molecular weight excluding hydrogens is 366 g/mol. The largest absolute Gasteiger partial charge is 0.485 e. The van der Waals surface area contributed by atoms with E-state index in [1.54, 1.807) is 23.0 Å². The van der Waals surface area contributed by atoms with E-state index in [1.807, 2.05) is 18.2 Å². The monoisotopic (exact) mass is 391 g/mol. The zero-order valence-corrected chi connectivity index (χ0v) is 16.9. The van der Waals surface area contributed by atoms with Crippen LogP contribution in [0.25, 0.3) is 0 Å². The van der Waals surface area contributed by atoms with Gasteiger partial charge in [0.2, 0.25) is 6.10 Å². The molecular formula is C23H25N3O3. The first-order valence-corrected chi connectivity index (χ1v) is 9.71. The molecule has 6 nitrogen and oxygen atoms in total. The number of hydrogen-bond donors (Lipinski definition) is 1. The number of nitrogens with zero attached hydrogens (tertiary/aromatic N) is 2. The van der Waals surface area contributed by atoms with Crippen LogP contribution in [0.3, 0.4) is 0 Å². The van der Waals surface area contributed by atoms with Gasteiger partial charge in [0.05, 0.1) is 12.7 Å². The fourth-order valence-electron chi connectivity index (χ4n) is 3.20. The zero-order valence-electron chi connectivity index (χ0n) is 16.9. The molecule has 0 spiro atoms. The fourth-order valence-corrected chi connectivity index (χ4v) is 3.20. The van der Waals surface area contributed by atoms with Crippen molar-refractivity contribution in [1.29, 1.82) is 0 Å². The number of carbonyl (C=O) groups is 1. The first-order chi connectivity index (χ1) is 13.9. The van der Waals surface area contributed by atoms with Gasteiger partial charge >= 0.3 is 0 Å². The molecule has 0 bridgehead atoms. The highest BCUT2D eigenvalue weighted by Gasteiger charge is 2.28. The first kappa shape index (κ1) is 19.1. The first-order valence-electron chi connectivity index (χ1n) is 9.71. The minimum Gasteiger partial charge on any atom is -0.485 e. The number of fused-ring (bicyclic) bond motifs is 1. The van der Waals surface area contributed by atoms with Crippen molar-refractivity contribution in [3.8, 4) is 11.5 Å². The Labute approximate surface area is 170 Å². The van der Waals surface area contributed by atoms with Gasteiger partial charge in [0.1, 0.15) is 12.4 Å². The molecule has 4 rings (SSSR count). The van der Waals surface area contributed by atoms with Gasteiger partial charge in [-0.15, -0.1) is 0 Å². The summed E-state index contributed by atoms with van der Waals surface area (Å²) >= 11 is 0. The Hall–Kier alpha value is -3.28. The quantitative estimate of drug-likeness (QED) is 0.730. The summed E-state index contributed by atoms with van der Waals surface area (Å²) in [6, 6.07) is 17.6. The van der Waals surface area contributed by atoms with E-state index in [4.69, 9.17) is 9.47 Å². The predicted molar refractivity (Wildman–Crippen MR) is 111 cm³/mol. The molecule has 1 aliphatic rings. The van der Waals surface area contributed by atoms with Gasteiger partial charge in [-0.05, 0) is 28.7 Å². The minimum absolute atomic E-state index is 0.115. The second-order valence-corrected chi connectivity index (χ2v) is 8.17. The van der Waals surface area contributed by atoms with Crippen molar-refractivity contribution in [3.63, 3.8) is 0 Å². The van der Waals surface area contributed by atoms with E-state index in [9.17, 15) is 4.79 Å². The summed E-state index contributed by atoms with van der Waals surface area (Å²) in [6.45, 7) is 7.32. The van der Waals surface area contributed by atoms with E-state index in [0.29, 0.717) is 23.9 Å². The van der Waals surface area contributed by atoms with Crippen molar-refractivity contribution in [2.24, 2.45) is 0 Å². The van der Waals surface area contributed by atoms with E-state index < -0.39 is 6.10 Å². The third-order valence-electron chi connectivity index (χ3n) is 4.92. The molecule has 2 heterocycles. The summed E-state index contributed by atoms with van der Waals surface area (Å²) in [4.78, 5) is 12.7. The van der Waals surface area contributed by atoms with E-state index in [2.05, 4.69) is 55.5 Å². The van der Waals surface area contributed by atoms with Crippen LogP contribution in [0.5, 0.6) is 11.5 Å². The lowest BCUT2D eigenvalue weighted by molar-refractivity contribution is -0.125. The third-order valence-corrected chi connectivity index (χ3v) is 4.92. The van der Waals surface area contributed by atoms with Gasteiger partial charge in [0.25, 0.3) is 5.91 Å². The van der Waals surface area contributed by atoms with Crippen LogP contribution >= 0.6 is 0 Å². The highest BCUT2D eigenvalue weighted by Crippen LogP contribution is 2.31. The van der Waals surface area contributed by atoms with Crippen LogP contribution in [0.2, 0.25) is 0 Å². The smallest absolute Gasteiger partial charge is 0.270 e. The molecule has 150 valence electrons. The summed E-state index contributed by atoms with van der Waals surface area (Å²) in [5, 5.41) is 7.25. The van der Waals surface area contributed by atoms with Gasteiger partial charge in [-0.3, -0.25) is 4.79 Å². The molecule has 6 heteroatoms. The van der Waals surface area contributed by atoms with E-state index in [1.165, 1.54) is 5.56 Å². The van der Waals surface area contributed by atoms with Crippen LogP contribution in [0.1, 0.15) is 31.9 Å². The van der Waals surface area contributed by atoms with Crippen LogP contribution in [0.4, 0.5) is 5.82 Å². The summed E-state index contributed by atoms with van der Waals surface area (Å²) < 4.78 is 13.2. The Kier molecular flexibility index (Phi) is 5.01. The predicted octanol–water partition coefficient (Wildman–Crippen LogP) is 4.01. The second kappa shape index (κ2) is 7.62. The average molecular weight is 391 g/mol. The van der Waals surface area contributed by atoms with E-state index >= 15 is 0 Å². The molecule has 0 fully saturated rings. The maximum atomic E-state index is 12.7. The lowest BCUT2D eigenvalue weighted by atomic mass is 9.87. The van der Waals surface area contributed by atoms with Crippen molar-refractivity contribution in [2.75, 3.05) is 11.9 Å². The van der Waals surface area contributed by atoms with Crippen molar-refractivity contribution in [3.05, 3.63) is 71.9 Å². The maximum absolute atomic E-state index is 12.7. The molecule has 0 saturated heterocycles. The number of benzene rings is 2. The van der Waals surface area contributed by atoms with Gasteiger partial charge in [-0.25, -0.2) is 4.68 Å². The fraction of sp³-hybridized carbons (Fsp3) is 0.304. The molecule has 0 radical (unpaired) electrons. The number of anilines is 1. The minimum atomic E-state index is -0.709. The van der Waals surface area contributed by atoms with Gasteiger partial charge in [-0.1, -0.05) is 57.2 Å². The number of rotatable bonds is 4. The van der Waals surface area contributed by atoms with Gasteiger partial charge in [-0.2, -0.15) is 5.10 Å². The molecule has 29 heavy (non-hydrogen) atoms. The normalized spacial score (nSPS) is 15.8. The molecule has 1 aromatic heterocycles. The lowest BCUT2D eigenvalue weighted by Crippen LogP contribution is -2.40. The molecule has 0 saturated carbocycles. The number of aromatic nitrogens is 2. The molecule has 1 amide bonds. The van der Waals surface area contributed by atoms with Crippen LogP contribution in [-0.4, -0.2) is 28.4 Å². The van der Waals surface area contributed by atoms with Gasteiger partial charge < -0.3 is 14.8 Å². The Morgan fingerprint density at radius 3 is 2.55 bits per heavy atom. The topological polar surface area (TPSA) is 65.4 Å². The van der Waals surface area contributed by atoms with Crippen molar-refractivity contribution in [1.82, 2.24) is 9.78 Å². The number of carbonyl (C=O) groups excluding carboxylic acids is 1. The Morgan fingerprint density at radius 2 is 1.83 bits per heavy atom. The number of ether oxygens (including phenoxy) is 2. The number of amides is 1. The second-order valence-electron chi connectivity index (χ2n) is 8.17. The van der Waals surface area contributed by atoms with Gasteiger partial charge in [0.15, 0.2) is 11.5 Å². The molecule has 1 N–H and O–H groups in total. The molecule has 2 aromatic carbocycles. The molecule has 1 aliphatic heterocycles. The maximum Gasteiger partial charge on any atom is 0.270 e. The van der Waals surface area contributed by atoms with Crippen LogP contribution in [0, 0.1) is 0 Å². The van der Waals surface area contributed by atoms with Crippen LogP contribution in [0.15, 0.2) is 60.8 Å². The van der Waals surface area contributed by atoms with E-state index in [-0.39, 0.29) is 17.9 Å². The Bertz CT molecular complexity index is 1000. The standard InChI is InChI=1S/C23H25N3O3/c1-23(2,3)17-10-8-16(9-11-17)14-26-21(12-13-24-26)25-22(27)20-15-28-18-6-4-5-7-19(18)29-20/h4-13,20H,14-15H2,1-3H3,(H,25,27). The van der Waals surface area contributed by atoms with E-state index in [0.717, 1.165) is 5.56 Å². The SMILES string of the molecule is CC(C)(C)c1ccc(Cn2nccc2NC(=O)C2COc3ccccc3O2)cc1. The molecule has 0 aliphatic carbocycles. The summed E-state index contributed by atoms with van der Waals surface area (Å²) in [6.07, 6.45) is 0.964. The molecule has 1 unspecified atom stereocenters. The van der Waals surface area contributed by atoms with Gasteiger partial charge in [0, 0.05) is 6.07 Å².